The highest BCUT2D eigenvalue weighted by Crippen LogP contribution is 2.33. The lowest BCUT2D eigenvalue weighted by molar-refractivity contribution is 0.540. The summed E-state index contributed by atoms with van der Waals surface area (Å²) in [5, 5.41) is 3.73. The Balaban J connectivity index is 1.93. The Morgan fingerprint density at radius 3 is 1.46 bits per heavy atom. The molecule has 1 aliphatic heterocycles. The van der Waals surface area contributed by atoms with Gasteiger partial charge in [-0.1, -0.05) is 76.2 Å². The molecule has 1 heteroatoms. The van der Waals surface area contributed by atoms with Gasteiger partial charge >= 0.3 is 0 Å². The van der Waals surface area contributed by atoms with Crippen molar-refractivity contribution in [2.75, 3.05) is 6.54 Å². The Labute approximate surface area is 147 Å². The van der Waals surface area contributed by atoms with Crippen LogP contribution in [-0.4, -0.2) is 12.6 Å². The summed E-state index contributed by atoms with van der Waals surface area (Å²) in [6.45, 7) is 10.2. The topological polar surface area (TPSA) is 12.0 Å². The molecule has 0 bridgehead atoms. The smallest absolute Gasteiger partial charge is 0.0243 e. The van der Waals surface area contributed by atoms with Gasteiger partial charge in [0.05, 0.1) is 0 Å². The average molecular weight is 322 g/mol. The number of benzene rings is 2. The monoisotopic (exact) mass is 321 g/mol. The summed E-state index contributed by atoms with van der Waals surface area (Å²) in [5.41, 5.74) is 5.73. The molecule has 1 atom stereocenters. The van der Waals surface area contributed by atoms with Crippen LogP contribution in [0.3, 0.4) is 0 Å². The highest BCUT2D eigenvalue weighted by atomic mass is 14.9. The zero-order chi connectivity index (χ0) is 17.1. The van der Waals surface area contributed by atoms with Gasteiger partial charge in [0.1, 0.15) is 0 Å². The van der Waals surface area contributed by atoms with Crippen molar-refractivity contribution in [3.05, 3.63) is 70.8 Å². The van der Waals surface area contributed by atoms with Gasteiger partial charge in [0.2, 0.25) is 0 Å². The molecule has 1 aliphatic rings. The van der Waals surface area contributed by atoms with Crippen molar-refractivity contribution >= 4 is 0 Å². The maximum absolute atomic E-state index is 3.73. The van der Waals surface area contributed by atoms with Crippen molar-refractivity contribution < 1.29 is 0 Å². The highest BCUT2D eigenvalue weighted by Gasteiger charge is 2.27. The van der Waals surface area contributed by atoms with Crippen LogP contribution in [0.2, 0.25) is 0 Å². The minimum absolute atomic E-state index is 0.454. The maximum Gasteiger partial charge on any atom is 0.0243 e. The molecular weight excluding hydrogens is 290 g/mol. The molecule has 0 aliphatic carbocycles. The molecule has 0 amide bonds. The lowest BCUT2D eigenvalue weighted by atomic mass is 9.83. The third-order valence-corrected chi connectivity index (χ3v) is 5.43. The standard InChI is InChI=1S/C23H31N/c1-16(2)18-7-11-20(12-8-18)23(22-6-5-15-24-22)21-13-9-19(10-14-21)17(3)4/h7-14,16-17,22-24H,5-6,15H2,1-4H3/t22-/m0/s1. The second kappa shape index (κ2) is 7.53. The molecule has 0 unspecified atom stereocenters. The third kappa shape index (κ3) is 3.72. The summed E-state index contributed by atoms with van der Waals surface area (Å²) < 4.78 is 0. The molecule has 128 valence electrons. The molecule has 0 spiro atoms. The van der Waals surface area contributed by atoms with Crippen LogP contribution in [0, 0.1) is 0 Å². The summed E-state index contributed by atoms with van der Waals surface area (Å²) in [6.07, 6.45) is 2.55. The van der Waals surface area contributed by atoms with E-state index in [1.807, 2.05) is 0 Å². The lowest BCUT2D eigenvalue weighted by Crippen LogP contribution is -2.29. The molecule has 1 heterocycles. The minimum atomic E-state index is 0.454. The van der Waals surface area contributed by atoms with Crippen molar-refractivity contribution in [1.82, 2.24) is 5.32 Å². The minimum Gasteiger partial charge on any atom is -0.313 e. The molecule has 24 heavy (non-hydrogen) atoms. The van der Waals surface area contributed by atoms with E-state index < -0.39 is 0 Å². The summed E-state index contributed by atoms with van der Waals surface area (Å²) in [5.74, 6) is 1.63. The zero-order valence-corrected chi connectivity index (χ0v) is 15.5. The predicted molar refractivity (Wildman–Crippen MR) is 104 cm³/mol. The second-order valence-electron chi connectivity index (χ2n) is 7.82. The second-order valence-corrected chi connectivity index (χ2v) is 7.82. The molecular formula is C23H31N. The SMILES string of the molecule is CC(C)c1ccc(C(c2ccc(C(C)C)cc2)[C@@H]2CCCN2)cc1. The molecule has 2 aromatic carbocycles. The van der Waals surface area contributed by atoms with E-state index in [4.69, 9.17) is 0 Å². The Bertz CT molecular complexity index is 579. The van der Waals surface area contributed by atoms with Crippen molar-refractivity contribution in [2.45, 2.75) is 64.3 Å². The normalized spacial score (nSPS) is 18.0. The summed E-state index contributed by atoms with van der Waals surface area (Å²) in [7, 11) is 0. The Morgan fingerprint density at radius 1 is 0.708 bits per heavy atom. The molecule has 0 aromatic heterocycles. The molecule has 1 N–H and O–H groups in total. The molecule has 1 nitrogen and oxygen atoms in total. The fraction of sp³-hybridized carbons (Fsp3) is 0.478. The van der Waals surface area contributed by atoms with Crippen LogP contribution in [0.1, 0.15) is 80.5 Å². The molecule has 1 fully saturated rings. The quantitative estimate of drug-likeness (QED) is 0.732. The van der Waals surface area contributed by atoms with E-state index in [-0.39, 0.29) is 0 Å². The number of hydrogen-bond acceptors (Lipinski definition) is 1. The maximum atomic E-state index is 3.73. The van der Waals surface area contributed by atoms with Crippen LogP contribution in [0.5, 0.6) is 0 Å². The number of rotatable bonds is 5. The first kappa shape index (κ1) is 17.2. The van der Waals surface area contributed by atoms with E-state index in [1.165, 1.54) is 35.1 Å². The molecule has 1 saturated heterocycles. The third-order valence-electron chi connectivity index (χ3n) is 5.43. The average Bonchev–Trinajstić information content (AvgIpc) is 3.10. The predicted octanol–water partition coefficient (Wildman–Crippen LogP) is 5.82. The van der Waals surface area contributed by atoms with Gasteiger partial charge in [-0.2, -0.15) is 0 Å². The fourth-order valence-corrected chi connectivity index (χ4v) is 3.83. The van der Waals surface area contributed by atoms with E-state index in [9.17, 15) is 0 Å². The van der Waals surface area contributed by atoms with Crippen LogP contribution >= 0.6 is 0 Å². The van der Waals surface area contributed by atoms with Crippen molar-refractivity contribution in [1.29, 1.82) is 0 Å². The zero-order valence-electron chi connectivity index (χ0n) is 15.5. The molecule has 2 aromatic rings. The van der Waals surface area contributed by atoms with Crippen molar-refractivity contribution in [3.8, 4) is 0 Å². The van der Waals surface area contributed by atoms with Crippen molar-refractivity contribution in [3.63, 3.8) is 0 Å². The van der Waals surface area contributed by atoms with Crippen LogP contribution in [0.15, 0.2) is 48.5 Å². The van der Waals surface area contributed by atoms with E-state index in [0.717, 1.165) is 6.54 Å². The Morgan fingerprint density at radius 2 is 1.12 bits per heavy atom. The number of nitrogens with one attached hydrogen (secondary N) is 1. The van der Waals surface area contributed by atoms with Crippen LogP contribution in [0.4, 0.5) is 0 Å². The Kier molecular flexibility index (Phi) is 5.40. The van der Waals surface area contributed by atoms with Crippen LogP contribution in [0.25, 0.3) is 0 Å². The summed E-state index contributed by atoms with van der Waals surface area (Å²) in [6, 6.07) is 19.2. The van der Waals surface area contributed by atoms with Gasteiger partial charge in [0.25, 0.3) is 0 Å². The molecule has 0 radical (unpaired) electrons. The Hall–Kier alpha value is -1.60. The van der Waals surface area contributed by atoms with E-state index in [2.05, 4.69) is 81.5 Å². The van der Waals surface area contributed by atoms with Gasteiger partial charge in [-0.15, -0.1) is 0 Å². The van der Waals surface area contributed by atoms with Gasteiger partial charge in [-0.05, 0) is 53.5 Å². The van der Waals surface area contributed by atoms with Crippen molar-refractivity contribution in [2.24, 2.45) is 0 Å². The van der Waals surface area contributed by atoms with Gasteiger partial charge in [-0.25, -0.2) is 0 Å². The van der Waals surface area contributed by atoms with Gasteiger partial charge in [-0.3, -0.25) is 0 Å². The molecule has 3 rings (SSSR count). The summed E-state index contributed by atoms with van der Waals surface area (Å²) in [4.78, 5) is 0. The first-order chi connectivity index (χ1) is 11.6. The number of hydrogen-bond donors (Lipinski definition) is 1. The first-order valence-corrected chi connectivity index (χ1v) is 9.49. The largest absolute Gasteiger partial charge is 0.313 e. The summed E-state index contributed by atoms with van der Waals surface area (Å²) >= 11 is 0. The fourth-order valence-electron chi connectivity index (χ4n) is 3.83. The van der Waals surface area contributed by atoms with Crippen LogP contribution in [-0.2, 0) is 0 Å². The first-order valence-electron chi connectivity index (χ1n) is 9.49. The van der Waals surface area contributed by atoms with E-state index >= 15 is 0 Å². The van der Waals surface area contributed by atoms with Gasteiger partial charge < -0.3 is 5.32 Å². The van der Waals surface area contributed by atoms with E-state index in [0.29, 0.717) is 23.8 Å². The van der Waals surface area contributed by atoms with Gasteiger partial charge in [0.15, 0.2) is 0 Å². The van der Waals surface area contributed by atoms with Crippen LogP contribution < -0.4 is 5.32 Å². The molecule has 0 saturated carbocycles. The van der Waals surface area contributed by atoms with Gasteiger partial charge in [0, 0.05) is 12.0 Å². The highest BCUT2D eigenvalue weighted by molar-refractivity contribution is 5.38. The lowest BCUT2D eigenvalue weighted by Gasteiger charge is -2.26. The van der Waals surface area contributed by atoms with E-state index in [1.54, 1.807) is 0 Å².